The molecule has 6 nitrogen and oxygen atoms in total. The zero-order valence-corrected chi connectivity index (χ0v) is 15.0. The highest BCUT2D eigenvalue weighted by Crippen LogP contribution is 2.30. The summed E-state index contributed by atoms with van der Waals surface area (Å²) < 4.78 is 59.6. The van der Waals surface area contributed by atoms with Crippen LogP contribution >= 0.6 is 0 Å². The fraction of sp³-hybridized carbons (Fsp3) is 0.500. The van der Waals surface area contributed by atoms with Gasteiger partial charge in [0.25, 0.3) is 0 Å². The molecule has 1 N–H and O–H groups in total. The number of piperidine rings is 1. The molecule has 1 aliphatic rings. The fourth-order valence-corrected chi connectivity index (χ4v) is 3.08. The molecule has 1 aliphatic heterocycles. The highest BCUT2D eigenvalue weighted by Gasteiger charge is 2.31. The van der Waals surface area contributed by atoms with Gasteiger partial charge in [-0.15, -0.1) is 0 Å². The zero-order chi connectivity index (χ0) is 19.4. The van der Waals surface area contributed by atoms with E-state index < -0.39 is 21.6 Å². The molecule has 1 fully saturated rings. The van der Waals surface area contributed by atoms with Gasteiger partial charge < -0.3 is 10.2 Å². The summed E-state index contributed by atoms with van der Waals surface area (Å²) in [6.45, 7) is 1.15. The monoisotopic (exact) mass is 391 g/mol. The van der Waals surface area contributed by atoms with Crippen molar-refractivity contribution in [3.05, 3.63) is 35.4 Å². The maximum absolute atomic E-state index is 12.6. The van der Waals surface area contributed by atoms with Crippen LogP contribution in [0.1, 0.15) is 18.4 Å². The van der Waals surface area contributed by atoms with Gasteiger partial charge in [0, 0.05) is 43.4 Å². The van der Waals surface area contributed by atoms with Crippen LogP contribution in [0.15, 0.2) is 29.8 Å². The van der Waals surface area contributed by atoms with Gasteiger partial charge in [-0.25, -0.2) is 13.4 Å². The van der Waals surface area contributed by atoms with Crippen molar-refractivity contribution >= 4 is 21.6 Å². The maximum Gasteiger partial charge on any atom is 0.417 e. The topological polar surface area (TPSA) is 79.4 Å². The van der Waals surface area contributed by atoms with E-state index in [9.17, 15) is 26.4 Å². The maximum atomic E-state index is 12.6. The van der Waals surface area contributed by atoms with Crippen LogP contribution in [0, 0.1) is 5.92 Å². The number of carbonyl (C=O) groups is 1. The number of anilines is 1. The Morgan fingerprint density at radius 1 is 1.35 bits per heavy atom. The minimum absolute atomic E-state index is 0.132. The lowest BCUT2D eigenvalue weighted by Gasteiger charge is -2.32. The molecule has 2 rings (SSSR count). The predicted octanol–water partition coefficient (Wildman–Crippen LogP) is 1.99. The van der Waals surface area contributed by atoms with Gasteiger partial charge >= 0.3 is 6.18 Å². The average Bonchev–Trinajstić information content (AvgIpc) is 2.57. The lowest BCUT2D eigenvalue weighted by Crippen LogP contribution is -2.41. The number of aromatic nitrogens is 1. The molecule has 0 unspecified atom stereocenters. The Bertz CT molecular complexity index is 753. The number of carbonyl (C=O) groups excluding carboxylic acids is 1. The van der Waals surface area contributed by atoms with Gasteiger partial charge in [-0.1, -0.05) is 6.08 Å². The van der Waals surface area contributed by atoms with Crippen LogP contribution in [-0.4, -0.2) is 45.2 Å². The van der Waals surface area contributed by atoms with Crippen LogP contribution in [0.3, 0.4) is 0 Å². The van der Waals surface area contributed by atoms with Gasteiger partial charge in [0.2, 0.25) is 5.91 Å². The van der Waals surface area contributed by atoms with Crippen molar-refractivity contribution in [1.29, 1.82) is 0 Å². The van der Waals surface area contributed by atoms with Crippen LogP contribution < -0.4 is 10.2 Å². The van der Waals surface area contributed by atoms with Crippen molar-refractivity contribution < 1.29 is 26.4 Å². The average molecular weight is 391 g/mol. The van der Waals surface area contributed by atoms with E-state index in [1.54, 1.807) is 0 Å². The number of amides is 1. The summed E-state index contributed by atoms with van der Waals surface area (Å²) >= 11 is 0. The molecular weight excluding hydrogens is 371 g/mol. The number of sulfone groups is 1. The SMILES string of the molecule is CS(=O)(=O)C=CCNC(=O)C1CCN(c2ccc(C(F)(F)F)cn2)CC1. The first-order valence-corrected chi connectivity index (χ1v) is 9.94. The van der Waals surface area contributed by atoms with Crippen LogP contribution in [0.4, 0.5) is 19.0 Å². The molecule has 0 radical (unpaired) electrons. The molecule has 0 bridgehead atoms. The van der Waals surface area contributed by atoms with Gasteiger partial charge in [0.1, 0.15) is 5.82 Å². The molecule has 1 amide bonds. The number of nitrogens with zero attached hydrogens (tertiary/aromatic N) is 2. The van der Waals surface area contributed by atoms with Crippen molar-refractivity contribution in [2.45, 2.75) is 19.0 Å². The van der Waals surface area contributed by atoms with E-state index in [0.29, 0.717) is 31.7 Å². The molecule has 0 spiro atoms. The fourth-order valence-electron chi connectivity index (χ4n) is 2.64. The van der Waals surface area contributed by atoms with E-state index in [4.69, 9.17) is 0 Å². The lowest BCUT2D eigenvalue weighted by molar-refractivity contribution is -0.137. The minimum Gasteiger partial charge on any atom is -0.357 e. The van der Waals surface area contributed by atoms with Crippen molar-refractivity contribution in [3.63, 3.8) is 0 Å². The Balaban J connectivity index is 1.83. The summed E-state index contributed by atoms with van der Waals surface area (Å²) in [5.74, 6) is 0.0726. The van der Waals surface area contributed by atoms with Crippen LogP contribution in [0.25, 0.3) is 0 Å². The third kappa shape index (κ3) is 6.01. The van der Waals surface area contributed by atoms with E-state index in [2.05, 4.69) is 10.3 Å². The first-order chi connectivity index (χ1) is 12.1. The molecular formula is C16H20F3N3O3S. The van der Waals surface area contributed by atoms with Crippen LogP contribution in [0.5, 0.6) is 0 Å². The molecule has 1 aromatic rings. The number of nitrogens with one attached hydrogen (secondary N) is 1. The number of pyridine rings is 1. The summed E-state index contributed by atoms with van der Waals surface area (Å²) in [5.41, 5.74) is -0.794. The largest absolute Gasteiger partial charge is 0.417 e. The first-order valence-electron chi connectivity index (χ1n) is 7.99. The molecule has 26 heavy (non-hydrogen) atoms. The standard InChI is InChI=1S/C16H20F3N3O3S/c1-26(24,25)10-2-7-20-15(23)12-5-8-22(9-6-12)14-4-3-13(11-21-14)16(17,18)19/h2-4,10-12H,5-9H2,1H3,(H,20,23). The van der Waals surface area contributed by atoms with E-state index in [1.807, 2.05) is 4.90 Å². The third-order valence-electron chi connectivity index (χ3n) is 4.00. The predicted molar refractivity (Wildman–Crippen MR) is 91.2 cm³/mol. The summed E-state index contributed by atoms with van der Waals surface area (Å²) in [7, 11) is -3.21. The van der Waals surface area contributed by atoms with Crippen LogP contribution in [-0.2, 0) is 20.8 Å². The first kappa shape index (κ1) is 20.2. The number of alkyl halides is 3. The molecule has 1 saturated heterocycles. The summed E-state index contributed by atoms with van der Waals surface area (Å²) in [6, 6.07) is 2.33. The molecule has 1 aromatic heterocycles. The highest BCUT2D eigenvalue weighted by molar-refractivity contribution is 7.93. The third-order valence-corrected chi connectivity index (χ3v) is 4.69. The number of halogens is 3. The van der Waals surface area contributed by atoms with Gasteiger partial charge in [0.05, 0.1) is 5.56 Å². The normalized spacial score (nSPS) is 16.8. The van der Waals surface area contributed by atoms with E-state index in [-0.39, 0.29) is 18.4 Å². The summed E-state index contributed by atoms with van der Waals surface area (Å²) in [5, 5.41) is 3.69. The highest BCUT2D eigenvalue weighted by atomic mass is 32.2. The molecule has 0 atom stereocenters. The molecule has 10 heteroatoms. The van der Waals surface area contributed by atoms with Crippen LogP contribution in [0.2, 0.25) is 0 Å². The van der Waals surface area contributed by atoms with E-state index >= 15 is 0 Å². The lowest BCUT2D eigenvalue weighted by atomic mass is 9.96. The van der Waals surface area contributed by atoms with E-state index in [0.717, 1.165) is 23.9 Å². The smallest absolute Gasteiger partial charge is 0.357 e. The Kier molecular flexibility index (Phi) is 6.27. The molecule has 144 valence electrons. The Labute approximate surface area is 150 Å². The van der Waals surface area contributed by atoms with Gasteiger partial charge in [-0.2, -0.15) is 13.2 Å². The number of hydrogen-bond donors (Lipinski definition) is 1. The second-order valence-electron chi connectivity index (χ2n) is 6.11. The Morgan fingerprint density at radius 2 is 2.00 bits per heavy atom. The molecule has 0 aromatic carbocycles. The van der Waals surface area contributed by atoms with Crippen molar-refractivity contribution in [2.24, 2.45) is 5.92 Å². The van der Waals surface area contributed by atoms with Gasteiger partial charge in [-0.3, -0.25) is 4.79 Å². The molecule has 0 saturated carbocycles. The quantitative estimate of drug-likeness (QED) is 0.831. The van der Waals surface area contributed by atoms with Gasteiger partial charge in [-0.05, 0) is 25.0 Å². The molecule has 0 aliphatic carbocycles. The zero-order valence-electron chi connectivity index (χ0n) is 14.2. The van der Waals surface area contributed by atoms with Crippen molar-refractivity contribution in [3.8, 4) is 0 Å². The number of rotatable bonds is 5. The van der Waals surface area contributed by atoms with Crippen molar-refractivity contribution in [1.82, 2.24) is 10.3 Å². The number of hydrogen-bond acceptors (Lipinski definition) is 5. The summed E-state index contributed by atoms with van der Waals surface area (Å²) in [4.78, 5) is 17.8. The van der Waals surface area contributed by atoms with Gasteiger partial charge in [0.15, 0.2) is 9.84 Å². The Morgan fingerprint density at radius 3 is 2.50 bits per heavy atom. The molecule has 2 heterocycles. The second kappa shape index (κ2) is 8.07. The minimum atomic E-state index is -4.41. The van der Waals surface area contributed by atoms with E-state index in [1.165, 1.54) is 12.1 Å². The second-order valence-corrected chi connectivity index (χ2v) is 8.04. The Hall–Kier alpha value is -2.10. The summed E-state index contributed by atoms with van der Waals surface area (Å²) in [6.07, 6.45) is -0.0795. The van der Waals surface area contributed by atoms with Crippen molar-refractivity contribution in [2.75, 3.05) is 30.8 Å².